The number of amides is 1. The number of nitrogens with zero attached hydrogens (tertiary/aromatic N) is 2. The molecular formula is C21H14Cl2F3N3O4. The van der Waals surface area contributed by atoms with Crippen molar-refractivity contribution in [2.24, 2.45) is 5.16 Å². The highest BCUT2D eigenvalue weighted by molar-refractivity contribution is 6.34. The number of carbonyl (C=O) groups excluding carboxylic acids is 1. The first-order valence-corrected chi connectivity index (χ1v) is 10.2. The number of alkyl halides is 3. The number of hydrogen-bond donors (Lipinski definition) is 2. The molecule has 3 aromatic rings. The topological polar surface area (TPSA) is 92.4 Å². The van der Waals surface area contributed by atoms with Gasteiger partial charge in [-0.1, -0.05) is 28.4 Å². The summed E-state index contributed by atoms with van der Waals surface area (Å²) in [6.07, 6.45) is -3.97. The number of rotatable bonds is 5. The van der Waals surface area contributed by atoms with Crippen LogP contribution >= 0.6 is 23.2 Å². The van der Waals surface area contributed by atoms with Gasteiger partial charge in [0.2, 0.25) is 0 Å². The summed E-state index contributed by atoms with van der Waals surface area (Å²) < 4.78 is 44.1. The van der Waals surface area contributed by atoms with Crippen LogP contribution in [-0.2, 0) is 15.2 Å². The molecule has 0 bridgehead atoms. The molecule has 12 heteroatoms. The predicted octanol–water partition coefficient (Wildman–Crippen LogP) is 4.64. The summed E-state index contributed by atoms with van der Waals surface area (Å²) in [7, 11) is 0. The molecule has 2 N–H and O–H groups in total. The fraction of sp³-hybridized carbons (Fsp3) is 0.190. The van der Waals surface area contributed by atoms with Gasteiger partial charge < -0.3 is 19.7 Å². The lowest BCUT2D eigenvalue weighted by molar-refractivity contribution is -0.275. The molecule has 1 amide bonds. The first-order valence-electron chi connectivity index (χ1n) is 9.40. The Balaban J connectivity index is 1.73. The zero-order valence-corrected chi connectivity index (χ0v) is 18.0. The van der Waals surface area contributed by atoms with Crippen molar-refractivity contribution >= 4 is 46.3 Å². The molecule has 1 aromatic carbocycles. The Morgan fingerprint density at radius 2 is 1.88 bits per heavy atom. The van der Waals surface area contributed by atoms with E-state index in [9.17, 15) is 22.8 Å². The zero-order valence-electron chi connectivity index (χ0n) is 16.5. The number of halogens is 5. The highest BCUT2D eigenvalue weighted by Gasteiger charge is 2.62. The smallest absolute Gasteiger partial charge is 0.435 e. The Morgan fingerprint density at radius 3 is 2.52 bits per heavy atom. The number of fused-ring (bicyclic) bond motifs is 1. The zero-order chi connectivity index (χ0) is 24.0. The predicted molar refractivity (Wildman–Crippen MR) is 114 cm³/mol. The third kappa shape index (κ3) is 4.11. The van der Waals surface area contributed by atoms with E-state index in [0.717, 1.165) is 12.1 Å². The first-order chi connectivity index (χ1) is 15.5. The highest BCUT2D eigenvalue weighted by atomic mass is 35.5. The molecule has 0 spiro atoms. The molecule has 0 aliphatic carbocycles. The molecule has 0 saturated heterocycles. The van der Waals surface area contributed by atoms with Gasteiger partial charge in [0.1, 0.15) is 12.2 Å². The van der Waals surface area contributed by atoms with Gasteiger partial charge in [-0.05, 0) is 42.5 Å². The van der Waals surface area contributed by atoms with Crippen LogP contribution in [0.3, 0.4) is 0 Å². The van der Waals surface area contributed by atoms with Crippen LogP contribution in [0.25, 0.3) is 5.52 Å². The van der Waals surface area contributed by atoms with Crippen molar-refractivity contribution in [2.45, 2.75) is 18.2 Å². The Bertz CT molecular complexity index is 1290. The number of benzene rings is 1. The summed E-state index contributed by atoms with van der Waals surface area (Å²) in [5.41, 5.74) is -2.27. The molecule has 172 valence electrons. The second-order valence-electron chi connectivity index (χ2n) is 7.26. The summed E-state index contributed by atoms with van der Waals surface area (Å²) in [4.78, 5) is 28.1. The van der Waals surface area contributed by atoms with Crippen LogP contribution < -0.4 is 5.32 Å². The number of carboxylic acids is 1. The van der Waals surface area contributed by atoms with Gasteiger partial charge in [0.15, 0.2) is 0 Å². The van der Waals surface area contributed by atoms with E-state index in [1.165, 1.54) is 28.8 Å². The Morgan fingerprint density at radius 1 is 1.18 bits per heavy atom. The van der Waals surface area contributed by atoms with Crippen molar-refractivity contribution < 1.29 is 32.7 Å². The largest absolute Gasteiger partial charge is 0.480 e. The number of aromatic nitrogens is 1. The van der Waals surface area contributed by atoms with Crippen LogP contribution in [0.1, 0.15) is 28.0 Å². The molecule has 1 aliphatic heterocycles. The normalized spacial score (nSPS) is 18.2. The van der Waals surface area contributed by atoms with E-state index in [1.807, 2.05) is 0 Å². The van der Waals surface area contributed by atoms with Gasteiger partial charge in [0, 0.05) is 27.4 Å². The molecule has 1 atom stereocenters. The van der Waals surface area contributed by atoms with E-state index in [4.69, 9.17) is 33.1 Å². The molecule has 33 heavy (non-hydrogen) atoms. The lowest BCUT2D eigenvalue weighted by Crippen LogP contribution is -2.42. The monoisotopic (exact) mass is 499 g/mol. The first kappa shape index (κ1) is 22.9. The average molecular weight is 500 g/mol. The van der Waals surface area contributed by atoms with Gasteiger partial charge in [-0.2, -0.15) is 13.2 Å². The Labute approximate surface area is 194 Å². The van der Waals surface area contributed by atoms with Crippen molar-refractivity contribution in [1.82, 2.24) is 9.72 Å². The maximum Gasteiger partial charge on any atom is 0.435 e. The third-order valence-electron chi connectivity index (χ3n) is 5.15. The van der Waals surface area contributed by atoms with Crippen molar-refractivity contribution in [2.75, 3.05) is 6.54 Å². The van der Waals surface area contributed by atoms with E-state index in [0.29, 0.717) is 11.1 Å². The minimum atomic E-state index is -4.85. The van der Waals surface area contributed by atoms with Gasteiger partial charge in [-0.25, -0.2) is 0 Å². The number of hydrogen-bond acceptors (Lipinski definition) is 4. The minimum Gasteiger partial charge on any atom is -0.480 e. The van der Waals surface area contributed by atoms with Crippen molar-refractivity contribution in [3.8, 4) is 0 Å². The highest BCUT2D eigenvalue weighted by Crippen LogP contribution is 2.50. The summed E-state index contributed by atoms with van der Waals surface area (Å²) >= 11 is 11.9. The van der Waals surface area contributed by atoms with Gasteiger partial charge in [-0.15, -0.1) is 0 Å². The molecule has 0 fully saturated rings. The standard InChI is InChI=1S/C21H14Cl2F3N3O4/c22-12-6-11(7-13(23)8-12)20(21(24,25)26)9-15(28-33-20)14-3-4-17(19(32)27-10-18(30)31)29-5-1-2-16(14)29/h1-8H,9-10H2,(H,27,32)(H,30,31). The summed E-state index contributed by atoms with van der Waals surface area (Å²) in [6, 6.07) is 9.55. The lowest BCUT2D eigenvalue weighted by Gasteiger charge is -2.29. The van der Waals surface area contributed by atoms with Crippen molar-refractivity contribution in [3.05, 3.63) is 75.5 Å². The second-order valence-corrected chi connectivity index (χ2v) is 8.13. The number of oxime groups is 1. The summed E-state index contributed by atoms with van der Waals surface area (Å²) in [5, 5.41) is 14.8. The quantitative estimate of drug-likeness (QED) is 0.534. The summed E-state index contributed by atoms with van der Waals surface area (Å²) in [6.45, 7) is -0.583. The van der Waals surface area contributed by atoms with Gasteiger partial charge in [0.05, 0.1) is 17.6 Å². The van der Waals surface area contributed by atoms with E-state index in [-0.39, 0.29) is 27.0 Å². The van der Waals surface area contributed by atoms with E-state index in [2.05, 4.69) is 10.5 Å². The average Bonchev–Trinajstić information content (AvgIpc) is 3.38. The lowest BCUT2D eigenvalue weighted by atomic mass is 9.86. The van der Waals surface area contributed by atoms with Crippen molar-refractivity contribution in [3.63, 3.8) is 0 Å². The van der Waals surface area contributed by atoms with Crippen LogP contribution in [0.4, 0.5) is 13.2 Å². The molecule has 1 aliphatic rings. The van der Waals surface area contributed by atoms with Crippen LogP contribution in [-0.4, -0.2) is 39.8 Å². The molecule has 0 radical (unpaired) electrons. The SMILES string of the molecule is O=C(O)CNC(=O)c1ccc(C2=NOC(c3cc(Cl)cc(Cl)c3)(C(F)(F)F)C2)c2cccn12. The summed E-state index contributed by atoms with van der Waals surface area (Å²) in [5.74, 6) is -1.88. The number of nitrogens with one attached hydrogen (secondary N) is 1. The fourth-order valence-corrected chi connectivity index (χ4v) is 4.18. The van der Waals surface area contributed by atoms with Gasteiger partial charge >= 0.3 is 12.1 Å². The molecule has 4 rings (SSSR count). The second kappa shape index (κ2) is 8.27. The molecular weight excluding hydrogens is 486 g/mol. The molecule has 7 nitrogen and oxygen atoms in total. The van der Waals surface area contributed by atoms with Crippen molar-refractivity contribution in [1.29, 1.82) is 0 Å². The minimum absolute atomic E-state index is 0.00428. The number of pyridine rings is 1. The van der Waals surface area contributed by atoms with Gasteiger partial charge in [-0.3, -0.25) is 9.59 Å². The van der Waals surface area contributed by atoms with Crippen LogP contribution in [0.15, 0.2) is 53.8 Å². The Hall–Kier alpha value is -3.24. The molecule has 1 unspecified atom stereocenters. The third-order valence-corrected chi connectivity index (χ3v) is 5.59. The van der Waals surface area contributed by atoms with Gasteiger partial charge in [0.25, 0.3) is 11.5 Å². The maximum absolute atomic E-state index is 14.2. The molecule has 2 aromatic heterocycles. The van der Waals surface area contributed by atoms with E-state index >= 15 is 0 Å². The Kier molecular flexibility index (Phi) is 5.75. The van der Waals surface area contributed by atoms with E-state index < -0.39 is 36.6 Å². The molecule has 0 saturated carbocycles. The van der Waals surface area contributed by atoms with Crippen LogP contribution in [0, 0.1) is 0 Å². The maximum atomic E-state index is 14.2. The fourth-order valence-electron chi connectivity index (χ4n) is 3.65. The molecule has 3 heterocycles. The van der Waals surface area contributed by atoms with E-state index in [1.54, 1.807) is 12.1 Å². The van der Waals surface area contributed by atoms with Crippen LogP contribution in [0.5, 0.6) is 0 Å². The number of aliphatic carboxylic acids is 1. The number of carboxylic acid groups (broad SMARTS) is 1. The number of carbonyl (C=O) groups is 2. The van der Waals surface area contributed by atoms with Crippen LogP contribution in [0.2, 0.25) is 10.0 Å².